The number of carbonyl (C=O) groups is 1. The van der Waals surface area contributed by atoms with E-state index in [1.54, 1.807) is 12.1 Å². The van der Waals surface area contributed by atoms with Crippen LogP contribution in [-0.4, -0.2) is 33.7 Å². The summed E-state index contributed by atoms with van der Waals surface area (Å²) in [5.74, 6) is -0.437. The number of rotatable bonds is 4. The molecule has 0 aromatic heterocycles. The van der Waals surface area contributed by atoms with Gasteiger partial charge in [-0.3, -0.25) is 4.79 Å². The van der Waals surface area contributed by atoms with Crippen molar-refractivity contribution in [3.8, 4) is 5.75 Å². The number of hydrogen-bond donors (Lipinski definition) is 0. The second kappa shape index (κ2) is 7.03. The molecular weight excluding hydrogens is 364 g/mol. The van der Waals surface area contributed by atoms with E-state index in [4.69, 9.17) is 0 Å². The van der Waals surface area contributed by atoms with Crippen LogP contribution in [-0.2, 0) is 16.3 Å². The molecule has 0 radical (unpaired) electrons. The third-order valence-electron chi connectivity index (χ3n) is 4.15. The molecule has 2 aromatic carbocycles. The number of anilines is 1. The van der Waals surface area contributed by atoms with E-state index in [9.17, 15) is 22.0 Å². The number of alkyl halides is 2. The zero-order chi connectivity index (χ0) is 18.9. The van der Waals surface area contributed by atoms with E-state index in [1.165, 1.54) is 35.2 Å². The van der Waals surface area contributed by atoms with Crippen LogP contribution in [0.15, 0.2) is 47.4 Å². The van der Waals surface area contributed by atoms with E-state index >= 15 is 0 Å². The molecule has 5 nitrogen and oxygen atoms in total. The van der Waals surface area contributed by atoms with Gasteiger partial charge in [0.05, 0.1) is 4.90 Å². The molecule has 0 N–H and O–H groups in total. The number of aryl methyl sites for hydroxylation is 1. The molecule has 1 aliphatic heterocycles. The molecule has 8 heteroatoms. The van der Waals surface area contributed by atoms with Gasteiger partial charge >= 0.3 is 6.61 Å². The second-order valence-corrected chi connectivity index (χ2v) is 8.05. The largest absolute Gasteiger partial charge is 0.435 e. The SMILES string of the molecule is CS(=O)(=O)c1ccc2c(c1)CCCN2C(=O)c1cccc(OC(F)F)c1. The van der Waals surface area contributed by atoms with Gasteiger partial charge in [-0.1, -0.05) is 6.07 Å². The monoisotopic (exact) mass is 381 g/mol. The summed E-state index contributed by atoms with van der Waals surface area (Å²) < 4.78 is 52.5. The number of fused-ring (bicyclic) bond motifs is 1. The molecule has 0 spiro atoms. The molecule has 1 amide bonds. The third-order valence-corrected chi connectivity index (χ3v) is 5.26. The highest BCUT2D eigenvalue weighted by molar-refractivity contribution is 7.90. The molecular formula is C18H17F2NO4S. The average molecular weight is 381 g/mol. The normalized spacial score (nSPS) is 14.2. The van der Waals surface area contributed by atoms with Gasteiger partial charge in [-0.25, -0.2) is 8.42 Å². The molecule has 0 saturated carbocycles. The van der Waals surface area contributed by atoms with Crippen molar-refractivity contribution in [3.05, 3.63) is 53.6 Å². The van der Waals surface area contributed by atoms with Crippen LogP contribution >= 0.6 is 0 Å². The summed E-state index contributed by atoms with van der Waals surface area (Å²) in [5, 5.41) is 0. The molecule has 0 atom stereocenters. The van der Waals surface area contributed by atoms with Crippen molar-refractivity contribution < 1.29 is 26.7 Å². The predicted octanol–water partition coefficient (Wildman–Crippen LogP) is 3.28. The van der Waals surface area contributed by atoms with E-state index in [1.807, 2.05) is 0 Å². The Labute approximate surface area is 150 Å². The number of nitrogens with zero attached hydrogens (tertiary/aromatic N) is 1. The van der Waals surface area contributed by atoms with Crippen LogP contribution < -0.4 is 9.64 Å². The van der Waals surface area contributed by atoms with Crippen LogP contribution in [0.2, 0.25) is 0 Å². The maximum absolute atomic E-state index is 12.8. The number of carbonyl (C=O) groups excluding carboxylic acids is 1. The van der Waals surface area contributed by atoms with E-state index in [0.717, 1.165) is 11.8 Å². The molecule has 1 heterocycles. The maximum Gasteiger partial charge on any atom is 0.387 e. The molecule has 26 heavy (non-hydrogen) atoms. The van der Waals surface area contributed by atoms with Gasteiger partial charge < -0.3 is 9.64 Å². The lowest BCUT2D eigenvalue weighted by Crippen LogP contribution is -2.35. The van der Waals surface area contributed by atoms with Crippen molar-refractivity contribution in [2.45, 2.75) is 24.3 Å². The quantitative estimate of drug-likeness (QED) is 0.815. The van der Waals surface area contributed by atoms with Gasteiger partial charge in [0.25, 0.3) is 5.91 Å². The summed E-state index contributed by atoms with van der Waals surface area (Å²) in [6.45, 7) is -2.50. The summed E-state index contributed by atoms with van der Waals surface area (Å²) in [5.41, 5.74) is 1.63. The Morgan fingerprint density at radius 1 is 1.19 bits per heavy atom. The van der Waals surface area contributed by atoms with Crippen LogP contribution in [0.4, 0.5) is 14.5 Å². The van der Waals surface area contributed by atoms with E-state index in [-0.39, 0.29) is 22.1 Å². The molecule has 1 aliphatic rings. The fourth-order valence-electron chi connectivity index (χ4n) is 2.98. The van der Waals surface area contributed by atoms with Crippen molar-refractivity contribution in [3.63, 3.8) is 0 Å². The number of sulfone groups is 1. The number of amides is 1. The van der Waals surface area contributed by atoms with Gasteiger partial charge in [0.15, 0.2) is 9.84 Å². The highest BCUT2D eigenvalue weighted by atomic mass is 32.2. The summed E-state index contributed by atoms with van der Waals surface area (Å²) in [6, 6.07) is 10.3. The number of ether oxygens (including phenoxy) is 1. The molecule has 0 fully saturated rings. The van der Waals surface area contributed by atoms with Gasteiger partial charge in [-0.15, -0.1) is 0 Å². The Morgan fingerprint density at radius 3 is 2.65 bits per heavy atom. The predicted molar refractivity (Wildman–Crippen MR) is 92.6 cm³/mol. The first-order chi connectivity index (χ1) is 12.3. The Kier molecular flexibility index (Phi) is 4.95. The van der Waals surface area contributed by atoms with Crippen LogP contribution in [0.5, 0.6) is 5.75 Å². The van der Waals surface area contributed by atoms with E-state index in [0.29, 0.717) is 25.1 Å². The van der Waals surface area contributed by atoms with Crippen LogP contribution in [0.25, 0.3) is 0 Å². The summed E-state index contributed by atoms with van der Waals surface area (Å²) in [4.78, 5) is 14.6. The van der Waals surface area contributed by atoms with Crippen molar-refractivity contribution >= 4 is 21.4 Å². The first kappa shape index (κ1) is 18.3. The Hall–Kier alpha value is -2.48. The van der Waals surface area contributed by atoms with Crippen LogP contribution in [0, 0.1) is 0 Å². The second-order valence-electron chi connectivity index (χ2n) is 6.03. The lowest BCUT2D eigenvalue weighted by Gasteiger charge is -2.30. The molecule has 3 rings (SSSR count). The van der Waals surface area contributed by atoms with Gasteiger partial charge in [0.2, 0.25) is 0 Å². The minimum atomic E-state index is -3.33. The third kappa shape index (κ3) is 3.85. The van der Waals surface area contributed by atoms with Gasteiger partial charge in [-0.2, -0.15) is 8.78 Å². The zero-order valence-corrected chi connectivity index (χ0v) is 14.8. The van der Waals surface area contributed by atoms with Gasteiger partial charge in [-0.05, 0) is 54.8 Å². The summed E-state index contributed by atoms with van der Waals surface area (Å²) in [6.07, 6.45) is 2.48. The Balaban J connectivity index is 1.93. The number of hydrogen-bond acceptors (Lipinski definition) is 4. The zero-order valence-electron chi connectivity index (χ0n) is 14.0. The first-order valence-corrected chi connectivity index (χ1v) is 9.84. The molecule has 0 saturated heterocycles. The average Bonchev–Trinajstić information content (AvgIpc) is 2.59. The Bertz CT molecular complexity index is 944. The van der Waals surface area contributed by atoms with Crippen LogP contribution in [0.1, 0.15) is 22.3 Å². The van der Waals surface area contributed by atoms with Crippen LogP contribution in [0.3, 0.4) is 0 Å². The highest BCUT2D eigenvalue weighted by Crippen LogP contribution is 2.31. The van der Waals surface area contributed by atoms with Crippen molar-refractivity contribution in [2.24, 2.45) is 0 Å². The molecule has 0 aliphatic carbocycles. The Morgan fingerprint density at radius 2 is 1.96 bits per heavy atom. The van der Waals surface area contributed by atoms with E-state index < -0.39 is 16.4 Å². The molecule has 2 aromatic rings. The van der Waals surface area contributed by atoms with E-state index in [2.05, 4.69) is 4.74 Å². The van der Waals surface area contributed by atoms with Gasteiger partial charge in [0, 0.05) is 24.1 Å². The first-order valence-electron chi connectivity index (χ1n) is 7.95. The topological polar surface area (TPSA) is 63.7 Å². The highest BCUT2D eigenvalue weighted by Gasteiger charge is 2.25. The lowest BCUT2D eigenvalue weighted by atomic mass is 10.0. The fraction of sp³-hybridized carbons (Fsp3) is 0.278. The molecule has 0 unspecified atom stereocenters. The lowest BCUT2D eigenvalue weighted by molar-refractivity contribution is -0.0498. The number of halogens is 2. The molecule has 138 valence electrons. The van der Waals surface area contributed by atoms with Crippen molar-refractivity contribution in [1.29, 1.82) is 0 Å². The van der Waals surface area contributed by atoms with Crippen molar-refractivity contribution in [1.82, 2.24) is 0 Å². The smallest absolute Gasteiger partial charge is 0.387 e. The van der Waals surface area contributed by atoms with Gasteiger partial charge in [0.1, 0.15) is 5.75 Å². The number of benzene rings is 2. The minimum absolute atomic E-state index is 0.0875. The summed E-state index contributed by atoms with van der Waals surface area (Å²) >= 11 is 0. The fourth-order valence-corrected chi connectivity index (χ4v) is 3.65. The standard InChI is InChI=1S/C18H17F2NO4S/c1-26(23,24)15-7-8-16-12(11-15)5-3-9-21(16)17(22)13-4-2-6-14(10-13)25-18(19)20/h2,4,6-8,10-11,18H,3,5,9H2,1H3. The summed E-state index contributed by atoms with van der Waals surface area (Å²) in [7, 11) is -3.33. The van der Waals surface area contributed by atoms with Crippen molar-refractivity contribution in [2.75, 3.05) is 17.7 Å². The maximum atomic E-state index is 12.8. The minimum Gasteiger partial charge on any atom is -0.435 e. The molecule has 0 bridgehead atoms.